The van der Waals surface area contributed by atoms with Crippen molar-refractivity contribution in [3.05, 3.63) is 52.2 Å². The number of carbonyl (C=O) groups is 2. The molecule has 0 bridgehead atoms. The first-order valence-corrected chi connectivity index (χ1v) is 7.90. The number of cyclic esters (lactones) is 1. The van der Waals surface area contributed by atoms with Crippen LogP contribution in [0.4, 0.5) is 10.5 Å². The maximum Gasteiger partial charge on any atom is 0.414 e. The zero-order valence-electron chi connectivity index (χ0n) is 12.2. The van der Waals surface area contributed by atoms with Gasteiger partial charge in [-0.15, -0.1) is 0 Å². The van der Waals surface area contributed by atoms with Crippen LogP contribution in [-0.4, -0.2) is 37.1 Å². The first-order chi connectivity index (χ1) is 10.6. The molecule has 22 heavy (non-hydrogen) atoms. The van der Waals surface area contributed by atoms with E-state index in [1.807, 2.05) is 22.9 Å². The fourth-order valence-corrected chi connectivity index (χ4v) is 3.04. The second-order valence-corrected chi connectivity index (χ2v) is 5.89. The van der Waals surface area contributed by atoms with Gasteiger partial charge in [0.2, 0.25) is 0 Å². The third kappa shape index (κ3) is 2.96. The Kier molecular flexibility index (Phi) is 4.11. The van der Waals surface area contributed by atoms with Gasteiger partial charge < -0.3 is 9.64 Å². The Morgan fingerprint density at radius 2 is 2.27 bits per heavy atom. The number of hydrogen-bond acceptors (Lipinski definition) is 4. The fourth-order valence-electron chi connectivity index (χ4n) is 2.38. The van der Waals surface area contributed by atoms with Gasteiger partial charge in [-0.25, -0.2) is 4.79 Å². The van der Waals surface area contributed by atoms with Crippen molar-refractivity contribution in [3.8, 4) is 0 Å². The molecule has 2 heterocycles. The SMILES string of the molecule is CN(Cc1ccsc1)C(=O)c1cccc(N2CCOC2=O)c1. The summed E-state index contributed by atoms with van der Waals surface area (Å²) in [5.41, 5.74) is 2.37. The maximum absolute atomic E-state index is 12.5. The highest BCUT2D eigenvalue weighted by Gasteiger charge is 2.24. The Morgan fingerprint density at radius 1 is 1.41 bits per heavy atom. The van der Waals surface area contributed by atoms with Crippen molar-refractivity contribution in [3.63, 3.8) is 0 Å². The van der Waals surface area contributed by atoms with E-state index in [4.69, 9.17) is 4.74 Å². The van der Waals surface area contributed by atoms with Crippen molar-refractivity contribution in [2.75, 3.05) is 25.1 Å². The lowest BCUT2D eigenvalue weighted by molar-refractivity contribution is 0.0785. The van der Waals surface area contributed by atoms with Crippen LogP contribution in [0.3, 0.4) is 0 Å². The van der Waals surface area contributed by atoms with Gasteiger partial charge in [0.15, 0.2) is 0 Å². The topological polar surface area (TPSA) is 49.9 Å². The molecule has 114 valence electrons. The van der Waals surface area contributed by atoms with Crippen LogP contribution >= 0.6 is 11.3 Å². The molecule has 2 amide bonds. The molecule has 6 heteroatoms. The van der Waals surface area contributed by atoms with Crippen LogP contribution in [0.15, 0.2) is 41.1 Å². The molecule has 1 aromatic carbocycles. The number of benzene rings is 1. The second kappa shape index (κ2) is 6.19. The molecule has 0 spiro atoms. The highest BCUT2D eigenvalue weighted by Crippen LogP contribution is 2.21. The molecule has 1 saturated heterocycles. The molecule has 1 aliphatic rings. The second-order valence-electron chi connectivity index (χ2n) is 5.11. The van der Waals surface area contributed by atoms with E-state index in [0.717, 1.165) is 5.56 Å². The van der Waals surface area contributed by atoms with Crippen molar-refractivity contribution in [1.82, 2.24) is 4.90 Å². The minimum atomic E-state index is -0.365. The molecule has 0 unspecified atom stereocenters. The van der Waals surface area contributed by atoms with Crippen molar-refractivity contribution in [1.29, 1.82) is 0 Å². The van der Waals surface area contributed by atoms with Crippen LogP contribution in [0.1, 0.15) is 15.9 Å². The molecule has 0 N–H and O–H groups in total. The van der Waals surface area contributed by atoms with Crippen LogP contribution in [0.2, 0.25) is 0 Å². The number of rotatable bonds is 4. The van der Waals surface area contributed by atoms with Crippen LogP contribution in [0.25, 0.3) is 0 Å². The Balaban J connectivity index is 1.76. The quantitative estimate of drug-likeness (QED) is 0.871. The van der Waals surface area contributed by atoms with E-state index < -0.39 is 0 Å². The first kappa shape index (κ1) is 14.6. The number of thiophene rings is 1. The summed E-state index contributed by atoms with van der Waals surface area (Å²) >= 11 is 1.61. The highest BCUT2D eigenvalue weighted by molar-refractivity contribution is 7.07. The monoisotopic (exact) mass is 316 g/mol. The van der Waals surface area contributed by atoms with Crippen molar-refractivity contribution in [2.45, 2.75) is 6.54 Å². The molecule has 1 fully saturated rings. The molecule has 0 radical (unpaired) electrons. The smallest absolute Gasteiger partial charge is 0.414 e. The Morgan fingerprint density at radius 3 is 2.95 bits per heavy atom. The Bertz CT molecular complexity index is 684. The average Bonchev–Trinajstić information content (AvgIpc) is 3.18. The molecule has 0 saturated carbocycles. The number of hydrogen-bond donors (Lipinski definition) is 0. The zero-order valence-corrected chi connectivity index (χ0v) is 13.0. The third-order valence-electron chi connectivity index (χ3n) is 3.51. The van der Waals surface area contributed by atoms with Crippen LogP contribution in [-0.2, 0) is 11.3 Å². The van der Waals surface area contributed by atoms with Gasteiger partial charge in [0.1, 0.15) is 6.61 Å². The summed E-state index contributed by atoms with van der Waals surface area (Å²) in [5.74, 6) is -0.0689. The highest BCUT2D eigenvalue weighted by atomic mass is 32.1. The number of ether oxygens (including phenoxy) is 1. The fraction of sp³-hybridized carbons (Fsp3) is 0.250. The Hall–Kier alpha value is -2.34. The lowest BCUT2D eigenvalue weighted by atomic mass is 10.1. The molecule has 0 aliphatic carbocycles. The zero-order chi connectivity index (χ0) is 15.5. The van der Waals surface area contributed by atoms with Crippen molar-refractivity contribution in [2.24, 2.45) is 0 Å². The largest absolute Gasteiger partial charge is 0.447 e. The number of nitrogens with zero attached hydrogens (tertiary/aromatic N) is 2. The minimum Gasteiger partial charge on any atom is -0.447 e. The maximum atomic E-state index is 12.5. The lowest BCUT2D eigenvalue weighted by Gasteiger charge is -2.18. The summed E-state index contributed by atoms with van der Waals surface area (Å²) in [4.78, 5) is 27.3. The summed E-state index contributed by atoms with van der Waals surface area (Å²) in [5, 5.41) is 4.02. The standard InChI is InChI=1S/C16H16N2O3S/c1-17(10-12-5-8-22-11-12)15(19)13-3-2-4-14(9-13)18-6-7-21-16(18)20/h2-5,8-9,11H,6-7,10H2,1H3. The number of anilines is 1. The minimum absolute atomic E-state index is 0.0689. The van der Waals surface area contributed by atoms with E-state index in [1.54, 1.807) is 41.5 Å². The number of amides is 2. The summed E-state index contributed by atoms with van der Waals surface area (Å²) in [6.45, 7) is 1.47. The van der Waals surface area contributed by atoms with Crippen LogP contribution in [0, 0.1) is 0 Å². The number of carbonyl (C=O) groups excluding carboxylic acids is 2. The van der Waals surface area contributed by atoms with Gasteiger partial charge in [0.25, 0.3) is 5.91 Å². The predicted octanol–water partition coefficient (Wildman–Crippen LogP) is 2.98. The van der Waals surface area contributed by atoms with Gasteiger partial charge in [-0.05, 0) is 40.6 Å². The summed E-state index contributed by atoms with van der Waals surface area (Å²) in [7, 11) is 1.77. The summed E-state index contributed by atoms with van der Waals surface area (Å²) in [6.07, 6.45) is -0.365. The lowest BCUT2D eigenvalue weighted by Crippen LogP contribution is -2.27. The van der Waals surface area contributed by atoms with E-state index in [1.165, 1.54) is 4.90 Å². The Labute approximate surface area is 132 Å². The summed E-state index contributed by atoms with van der Waals surface area (Å²) in [6, 6.07) is 9.09. The van der Waals surface area contributed by atoms with Gasteiger partial charge in [0.05, 0.1) is 6.54 Å². The van der Waals surface area contributed by atoms with Crippen LogP contribution < -0.4 is 4.90 Å². The van der Waals surface area contributed by atoms with Gasteiger partial charge in [-0.2, -0.15) is 11.3 Å². The van der Waals surface area contributed by atoms with Gasteiger partial charge in [-0.3, -0.25) is 9.69 Å². The van der Waals surface area contributed by atoms with Gasteiger partial charge in [0, 0.05) is 24.8 Å². The van der Waals surface area contributed by atoms with E-state index >= 15 is 0 Å². The van der Waals surface area contributed by atoms with Crippen molar-refractivity contribution < 1.29 is 14.3 Å². The first-order valence-electron chi connectivity index (χ1n) is 6.96. The normalized spacial score (nSPS) is 14.0. The molecule has 3 rings (SSSR count). The molecule has 1 aliphatic heterocycles. The van der Waals surface area contributed by atoms with Crippen LogP contribution in [0.5, 0.6) is 0 Å². The van der Waals surface area contributed by atoms with E-state index in [9.17, 15) is 9.59 Å². The average molecular weight is 316 g/mol. The van der Waals surface area contributed by atoms with E-state index in [2.05, 4.69) is 0 Å². The van der Waals surface area contributed by atoms with Gasteiger partial charge >= 0.3 is 6.09 Å². The molecular weight excluding hydrogens is 300 g/mol. The van der Waals surface area contributed by atoms with E-state index in [0.29, 0.717) is 30.9 Å². The molecule has 5 nitrogen and oxygen atoms in total. The van der Waals surface area contributed by atoms with Gasteiger partial charge in [-0.1, -0.05) is 6.07 Å². The third-order valence-corrected chi connectivity index (χ3v) is 4.24. The molecule has 2 aromatic rings. The molecule has 0 atom stereocenters. The molecular formula is C16H16N2O3S. The predicted molar refractivity (Wildman–Crippen MR) is 85.3 cm³/mol. The van der Waals surface area contributed by atoms with Crippen molar-refractivity contribution >= 4 is 29.0 Å². The van der Waals surface area contributed by atoms with E-state index in [-0.39, 0.29) is 12.0 Å². The summed E-state index contributed by atoms with van der Waals surface area (Å²) < 4.78 is 4.93. The molecule has 1 aromatic heterocycles.